The van der Waals surface area contributed by atoms with Crippen LogP contribution in [-0.2, 0) is 11.2 Å². The van der Waals surface area contributed by atoms with Crippen LogP contribution in [0.3, 0.4) is 0 Å². The first-order valence-electron chi connectivity index (χ1n) is 7.33. The summed E-state index contributed by atoms with van der Waals surface area (Å²) in [5, 5.41) is 0. The summed E-state index contributed by atoms with van der Waals surface area (Å²) in [7, 11) is 0. The molecule has 1 aromatic carbocycles. The minimum absolute atomic E-state index is 0.0762. The van der Waals surface area contributed by atoms with Gasteiger partial charge in [0.05, 0.1) is 6.61 Å². The van der Waals surface area contributed by atoms with Crippen LogP contribution in [-0.4, -0.2) is 18.8 Å². The number of benzene rings is 1. The van der Waals surface area contributed by atoms with Gasteiger partial charge in [-0.25, -0.2) is 0 Å². The van der Waals surface area contributed by atoms with Crippen molar-refractivity contribution < 1.29 is 9.47 Å². The van der Waals surface area contributed by atoms with Crippen LogP contribution in [0.4, 0.5) is 0 Å². The molecule has 0 N–H and O–H groups in total. The van der Waals surface area contributed by atoms with E-state index in [4.69, 9.17) is 9.47 Å². The SMILES string of the molecule is CCOCCC1(C)CCc2c(C)cc(C)c(C)c2O1. The predicted molar refractivity (Wildman–Crippen MR) is 79.1 cm³/mol. The lowest BCUT2D eigenvalue weighted by atomic mass is 9.86. The lowest BCUT2D eigenvalue weighted by molar-refractivity contribution is 0.0209. The van der Waals surface area contributed by atoms with Gasteiger partial charge in [-0.1, -0.05) is 6.07 Å². The first-order chi connectivity index (χ1) is 8.97. The third kappa shape index (κ3) is 2.94. The highest BCUT2D eigenvalue weighted by molar-refractivity contribution is 5.51. The Morgan fingerprint density at radius 1 is 1.26 bits per heavy atom. The predicted octanol–water partition coefficient (Wildman–Crippen LogP) is 4.12. The van der Waals surface area contributed by atoms with E-state index in [1.807, 2.05) is 6.92 Å². The van der Waals surface area contributed by atoms with Crippen LogP contribution in [0, 0.1) is 20.8 Å². The molecule has 106 valence electrons. The van der Waals surface area contributed by atoms with Crippen molar-refractivity contribution in [3.63, 3.8) is 0 Å². The first kappa shape index (κ1) is 14.4. The van der Waals surface area contributed by atoms with Gasteiger partial charge in [0, 0.05) is 13.0 Å². The van der Waals surface area contributed by atoms with E-state index in [-0.39, 0.29) is 5.60 Å². The Bertz CT molecular complexity index is 465. The van der Waals surface area contributed by atoms with E-state index in [1.165, 1.54) is 22.3 Å². The Balaban J connectivity index is 2.23. The van der Waals surface area contributed by atoms with Crippen molar-refractivity contribution >= 4 is 0 Å². The van der Waals surface area contributed by atoms with E-state index in [2.05, 4.69) is 33.8 Å². The molecule has 1 atom stereocenters. The summed E-state index contributed by atoms with van der Waals surface area (Å²) in [6.07, 6.45) is 3.16. The molecule has 0 radical (unpaired) electrons. The molecule has 1 aromatic rings. The van der Waals surface area contributed by atoms with Crippen LogP contribution in [0.25, 0.3) is 0 Å². The zero-order valence-electron chi connectivity index (χ0n) is 12.9. The normalized spacial score (nSPS) is 21.9. The van der Waals surface area contributed by atoms with E-state index in [0.717, 1.165) is 38.2 Å². The van der Waals surface area contributed by atoms with Gasteiger partial charge in [0.2, 0.25) is 0 Å². The summed E-state index contributed by atoms with van der Waals surface area (Å²) < 4.78 is 11.9. The lowest BCUT2D eigenvalue weighted by Gasteiger charge is -2.37. The zero-order chi connectivity index (χ0) is 14.0. The van der Waals surface area contributed by atoms with Gasteiger partial charge in [-0.15, -0.1) is 0 Å². The molecular formula is C17H26O2. The topological polar surface area (TPSA) is 18.5 Å². The van der Waals surface area contributed by atoms with E-state index < -0.39 is 0 Å². The highest BCUT2D eigenvalue weighted by Crippen LogP contribution is 2.40. The van der Waals surface area contributed by atoms with Gasteiger partial charge in [-0.3, -0.25) is 0 Å². The Morgan fingerprint density at radius 3 is 2.68 bits per heavy atom. The molecule has 2 nitrogen and oxygen atoms in total. The van der Waals surface area contributed by atoms with Gasteiger partial charge >= 0.3 is 0 Å². The second kappa shape index (κ2) is 5.54. The van der Waals surface area contributed by atoms with Crippen LogP contribution in [0.1, 0.15) is 48.9 Å². The first-order valence-corrected chi connectivity index (χ1v) is 7.33. The Morgan fingerprint density at radius 2 is 2.00 bits per heavy atom. The molecule has 0 fully saturated rings. The standard InChI is InChI=1S/C17H26O2/c1-6-18-10-9-17(5)8-7-15-13(3)11-12(2)14(4)16(15)19-17/h11H,6-10H2,1-5H3. The van der Waals surface area contributed by atoms with Crippen molar-refractivity contribution in [2.45, 2.75) is 59.5 Å². The fraction of sp³-hybridized carbons (Fsp3) is 0.647. The van der Waals surface area contributed by atoms with Crippen LogP contribution >= 0.6 is 0 Å². The molecule has 2 heteroatoms. The summed E-state index contributed by atoms with van der Waals surface area (Å²) in [5.41, 5.74) is 5.31. The molecule has 0 bridgehead atoms. The Kier molecular flexibility index (Phi) is 4.19. The second-order valence-electron chi connectivity index (χ2n) is 5.94. The lowest BCUT2D eigenvalue weighted by Crippen LogP contribution is -2.38. The number of rotatable bonds is 4. The molecule has 0 aliphatic carbocycles. The molecule has 0 saturated heterocycles. The van der Waals surface area contributed by atoms with E-state index >= 15 is 0 Å². The smallest absolute Gasteiger partial charge is 0.126 e. The largest absolute Gasteiger partial charge is 0.487 e. The zero-order valence-corrected chi connectivity index (χ0v) is 12.9. The van der Waals surface area contributed by atoms with Gasteiger partial charge in [-0.2, -0.15) is 0 Å². The summed E-state index contributed by atoms with van der Waals surface area (Å²) in [6, 6.07) is 2.28. The number of aryl methyl sites for hydroxylation is 2. The monoisotopic (exact) mass is 262 g/mol. The molecule has 0 aromatic heterocycles. The van der Waals surface area contributed by atoms with Gasteiger partial charge in [0.25, 0.3) is 0 Å². The molecule has 0 spiro atoms. The van der Waals surface area contributed by atoms with Crippen molar-refractivity contribution in [3.8, 4) is 5.75 Å². The Labute approximate surface area is 117 Å². The number of fused-ring (bicyclic) bond motifs is 1. The fourth-order valence-electron chi connectivity index (χ4n) is 2.85. The molecule has 1 unspecified atom stereocenters. The quantitative estimate of drug-likeness (QED) is 0.760. The Hall–Kier alpha value is -1.02. The van der Waals surface area contributed by atoms with Crippen LogP contribution < -0.4 is 4.74 Å². The number of hydrogen-bond acceptors (Lipinski definition) is 2. The van der Waals surface area contributed by atoms with Crippen molar-refractivity contribution in [2.75, 3.05) is 13.2 Å². The second-order valence-corrected chi connectivity index (χ2v) is 5.94. The number of hydrogen-bond donors (Lipinski definition) is 0. The molecule has 2 rings (SSSR count). The van der Waals surface area contributed by atoms with E-state index in [9.17, 15) is 0 Å². The van der Waals surface area contributed by atoms with Gasteiger partial charge in [0.15, 0.2) is 0 Å². The molecule has 19 heavy (non-hydrogen) atoms. The van der Waals surface area contributed by atoms with Crippen molar-refractivity contribution in [2.24, 2.45) is 0 Å². The average Bonchev–Trinajstić information content (AvgIpc) is 2.36. The third-order valence-electron chi connectivity index (χ3n) is 4.35. The summed E-state index contributed by atoms with van der Waals surface area (Å²) in [4.78, 5) is 0. The van der Waals surface area contributed by atoms with Gasteiger partial charge < -0.3 is 9.47 Å². The molecule has 0 saturated carbocycles. The molecular weight excluding hydrogens is 236 g/mol. The van der Waals surface area contributed by atoms with Gasteiger partial charge in [-0.05, 0) is 69.7 Å². The van der Waals surface area contributed by atoms with Crippen molar-refractivity contribution in [1.82, 2.24) is 0 Å². The summed E-state index contributed by atoms with van der Waals surface area (Å²) in [5.74, 6) is 1.13. The van der Waals surface area contributed by atoms with Crippen LogP contribution in [0.5, 0.6) is 5.75 Å². The maximum absolute atomic E-state index is 6.38. The minimum Gasteiger partial charge on any atom is -0.487 e. The van der Waals surface area contributed by atoms with Crippen LogP contribution in [0.15, 0.2) is 6.07 Å². The number of ether oxygens (including phenoxy) is 2. The molecule has 1 heterocycles. The average molecular weight is 262 g/mol. The van der Waals surface area contributed by atoms with Gasteiger partial charge in [0.1, 0.15) is 11.4 Å². The van der Waals surface area contributed by atoms with Crippen molar-refractivity contribution in [1.29, 1.82) is 0 Å². The maximum atomic E-state index is 6.38. The molecule has 0 amide bonds. The maximum Gasteiger partial charge on any atom is 0.126 e. The summed E-state index contributed by atoms with van der Waals surface area (Å²) >= 11 is 0. The molecule has 1 aliphatic heterocycles. The fourth-order valence-corrected chi connectivity index (χ4v) is 2.85. The highest BCUT2D eigenvalue weighted by atomic mass is 16.5. The van der Waals surface area contributed by atoms with Crippen LogP contribution in [0.2, 0.25) is 0 Å². The highest BCUT2D eigenvalue weighted by Gasteiger charge is 2.33. The molecule has 1 aliphatic rings. The van der Waals surface area contributed by atoms with Crippen molar-refractivity contribution in [3.05, 3.63) is 28.3 Å². The van der Waals surface area contributed by atoms with E-state index in [1.54, 1.807) is 0 Å². The summed E-state index contributed by atoms with van der Waals surface area (Å²) in [6.45, 7) is 12.3. The van der Waals surface area contributed by atoms with E-state index in [0.29, 0.717) is 0 Å². The third-order valence-corrected chi connectivity index (χ3v) is 4.35. The minimum atomic E-state index is -0.0762.